The maximum atomic E-state index is 5.10. The molecule has 4 heteroatoms. The van der Waals surface area contributed by atoms with Crippen LogP contribution in [-0.2, 0) is 0 Å². The molecule has 0 fully saturated rings. The van der Waals surface area contributed by atoms with Crippen LogP contribution in [0.4, 0.5) is 0 Å². The summed E-state index contributed by atoms with van der Waals surface area (Å²) in [5.41, 5.74) is 0. The molecular formula is C9H10N2OS. The fraction of sp³-hybridized carbons (Fsp3) is 0.333. The summed E-state index contributed by atoms with van der Waals surface area (Å²) in [5, 5.41) is 7.50. The van der Waals surface area contributed by atoms with Crippen LogP contribution in [0.15, 0.2) is 22.9 Å². The van der Waals surface area contributed by atoms with E-state index in [4.69, 9.17) is 4.42 Å². The van der Waals surface area contributed by atoms with Gasteiger partial charge >= 0.3 is 0 Å². The third kappa shape index (κ3) is 1.62. The van der Waals surface area contributed by atoms with Gasteiger partial charge in [-0.05, 0) is 18.1 Å². The van der Waals surface area contributed by atoms with Crippen LogP contribution in [0.25, 0.3) is 10.8 Å². The molecule has 2 aromatic rings. The van der Waals surface area contributed by atoms with Crippen LogP contribution in [0.2, 0.25) is 0 Å². The van der Waals surface area contributed by atoms with E-state index in [1.54, 1.807) is 11.3 Å². The van der Waals surface area contributed by atoms with Crippen molar-refractivity contribution in [2.45, 2.75) is 19.8 Å². The first-order valence-corrected chi connectivity index (χ1v) is 4.95. The largest absolute Gasteiger partial charge is 0.423 e. The molecule has 0 radical (unpaired) electrons. The highest BCUT2D eigenvalue weighted by Gasteiger charge is 2.08. The topological polar surface area (TPSA) is 38.9 Å². The summed E-state index contributed by atoms with van der Waals surface area (Å²) in [7, 11) is 0. The molecule has 0 bridgehead atoms. The van der Waals surface area contributed by atoms with E-state index >= 15 is 0 Å². The Kier molecular flexibility index (Phi) is 2.14. The lowest BCUT2D eigenvalue weighted by Gasteiger charge is -1.96. The van der Waals surface area contributed by atoms with Gasteiger partial charge in [-0.2, -0.15) is 0 Å². The highest BCUT2D eigenvalue weighted by atomic mass is 32.1. The van der Waals surface area contributed by atoms with Crippen LogP contribution < -0.4 is 0 Å². The van der Waals surface area contributed by atoms with E-state index in [1.807, 2.05) is 6.07 Å². The molecule has 2 heterocycles. The summed E-state index contributed by atoms with van der Waals surface area (Å²) >= 11 is 1.70. The molecule has 0 aliphatic heterocycles. The number of nitrogens with zero attached hydrogens (tertiary/aromatic N) is 2. The molecule has 2 rings (SSSR count). The van der Waals surface area contributed by atoms with Crippen molar-refractivity contribution in [1.82, 2.24) is 10.2 Å². The van der Waals surface area contributed by atoms with Crippen molar-refractivity contribution < 1.29 is 4.42 Å². The predicted octanol–water partition coefficient (Wildman–Crippen LogP) is 2.92. The minimum atomic E-state index is 0.557. The third-order valence-electron chi connectivity index (χ3n) is 1.77. The highest BCUT2D eigenvalue weighted by Crippen LogP contribution is 2.30. The van der Waals surface area contributed by atoms with Crippen LogP contribution in [0.1, 0.15) is 24.6 Å². The van der Waals surface area contributed by atoms with Crippen LogP contribution >= 0.6 is 11.3 Å². The molecule has 0 saturated heterocycles. The standard InChI is InChI=1S/C9H10N2OS/c1-6(2)7-3-4-8(13-7)9-11-10-5-12-9/h3-6H,1-2H3. The van der Waals surface area contributed by atoms with Crippen molar-refractivity contribution in [1.29, 1.82) is 0 Å². The Morgan fingerprint density at radius 1 is 1.38 bits per heavy atom. The van der Waals surface area contributed by atoms with Gasteiger partial charge in [0.2, 0.25) is 6.39 Å². The molecule has 0 aliphatic carbocycles. The first kappa shape index (κ1) is 8.44. The molecule has 0 aromatic carbocycles. The Bertz CT molecular complexity index is 378. The van der Waals surface area contributed by atoms with E-state index in [9.17, 15) is 0 Å². The van der Waals surface area contributed by atoms with Crippen molar-refractivity contribution in [2.75, 3.05) is 0 Å². The lowest BCUT2D eigenvalue weighted by atomic mass is 10.2. The smallest absolute Gasteiger partial charge is 0.257 e. The summed E-state index contributed by atoms with van der Waals surface area (Å²) < 4.78 is 5.10. The Labute approximate surface area is 80.4 Å². The summed E-state index contributed by atoms with van der Waals surface area (Å²) in [5.74, 6) is 1.17. The Balaban J connectivity index is 2.33. The fourth-order valence-electron chi connectivity index (χ4n) is 1.06. The van der Waals surface area contributed by atoms with E-state index in [0.717, 1.165) is 4.88 Å². The molecule has 3 nitrogen and oxygen atoms in total. The zero-order chi connectivity index (χ0) is 9.26. The number of thiophene rings is 1. The molecule has 0 amide bonds. The lowest BCUT2D eigenvalue weighted by Crippen LogP contribution is -1.77. The molecule has 2 aromatic heterocycles. The van der Waals surface area contributed by atoms with Crippen molar-refractivity contribution in [2.24, 2.45) is 0 Å². The quantitative estimate of drug-likeness (QED) is 0.737. The molecule has 13 heavy (non-hydrogen) atoms. The van der Waals surface area contributed by atoms with Crippen LogP contribution in [0.3, 0.4) is 0 Å². The number of hydrogen-bond donors (Lipinski definition) is 0. The maximum Gasteiger partial charge on any atom is 0.257 e. The zero-order valence-corrected chi connectivity index (χ0v) is 8.34. The third-order valence-corrected chi connectivity index (χ3v) is 3.14. The summed E-state index contributed by atoms with van der Waals surface area (Å²) in [6, 6.07) is 4.13. The van der Waals surface area contributed by atoms with Crippen molar-refractivity contribution >= 4 is 11.3 Å². The van der Waals surface area contributed by atoms with Crippen LogP contribution in [-0.4, -0.2) is 10.2 Å². The second-order valence-corrected chi connectivity index (χ2v) is 4.22. The van der Waals surface area contributed by atoms with Gasteiger partial charge in [0.15, 0.2) is 0 Å². The summed E-state index contributed by atoms with van der Waals surface area (Å²) in [6.07, 6.45) is 1.35. The fourth-order valence-corrected chi connectivity index (χ4v) is 2.00. The predicted molar refractivity (Wildman–Crippen MR) is 51.7 cm³/mol. The van der Waals surface area contributed by atoms with E-state index in [1.165, 1.54) is 11.3 Å². The van der Waals surface area contributed by atoms with E-state index in [2.05, 4.69) is 30.1 Å². The van der Waals surface area contributed by atoms with E-state index < -0.39 is 0 Å². The van der Waals surface area contributed by atoms with Crippen molar-refractivity contribution in [3.8, 4) is 10.8 Å². The van der Waals surface area contributed by atoms with Gasteiger partial charge in [-0.1, -0.05) is 13.8 Å². The monoisotopic (exact) mass is 194 g/mol. The van der Waals surface area contributed by atoms with Gasteiger partial charge in [-0.3, -0.25) is 0 Å². The highest BCUT2D eigenvalue weighted by molar-refractivity contribution is 7.15. The second-order valence-electron chi connectivity index (χ2n) is 3.10. The van der Waals surface area contributed by atoms with Crippen molar-refractivity contribution in [3.63, 3.8) is 0 Å². The summed E-state index contributed by atoms with van der Waals surface area (Å²) in [4.78, 5) is 2.38. The Morgan fingerprint density at radius 3 is 2.77 bits per heavy atom. The minimum Gasteiger partial charge on any atom is -0.423 e. The minimum absolute atomic E-state index is 0.557. The van der Waals surface area contributed by atoms with Gasteiger partial charge < -0.3 is 4.42 Å². The Morgan fingerprint density at radius 2 is 2.23 bits per heavy atom. The van der Waals surface area contributed by atoms with Gasteiger partial charge in [0.05, 0.1) is 4.88 Å². The molecule has 68 valence electrons. The maximum absolute atomic E-state index is 5.10. The van der Waals surface area contributed by atoms with Gasteiger partial charge in [-0.25, -0.2) is 0 Å². The zero-order valence-electron chi connectivity index (χ0n) is 7.52. The first-order valence-electron chi connectivity index (χ1n) is 4.13. The molecule has 0 N–H and O–H groups in total. The SMILES string of the molecule is CC(C)c1ccc(-c2nnco2)s1. The average molecular weight is 194 g/mol. The lowest BCUT2D eigenvalue weighted by molar-refractivity contribution is 0.570. The number of rotatable bonds is 2. The number of hydrogen-bond acceptors (Lipinski definition) is 4. The molecule has 0 saturated carbocycles. The molecule has 0 atom stereocenters. The molecular weight excluding hydrogens is 184 g/mol. The van der Waals surface area contributed by atoms with Crippen molar-refractivity contribution in [3.05, 3.63) is 23.4 Å². The van der Waals surface area contributed by atoms with Gasteiger partial charge in [0, 0.05) is 4.88 Å². The molecule has 0 unspecified atom stereocenters. The van der Waals surface area contributed by atoms with Gasteiger partial charge in [0.25, 0.3) is 5.89 Å². The number of aromatic nitrogens is 2. The summed E-state index contributed by atoms with van der Waals surface area (Å²) in [6.45, 7) is 4.34. The van der Waals surface area contributed by atoms with Gasteiger partial charge in [0.1, 0.15) is 0 Å². The van der Waals surface area contributed by atoms with Crippen LogP contribution in [0, 0.1) is 0 Å². The van der Waals surface area contributed by atoms with Gasteiger partial charge in [-0.15, -0.1) is 21.5 Å². The van der Waals surface area contributed by atoms with Crippen LogP contribution in [0.5, 0.6) is 0 Å². The Hall–Kier alpha value is -1.16. The first-order chi connectivity index (χ1) is 6.27. The normalized spacial score (nSPS) is 11.0. The average Bonchev–Trinajstić information content (AvgIpc) is 2.75. The van der Waals surface area contributed by atoms with E-state index in [0.29, 0.717) is 11.8 Å². The molecule has 0 aliphatic rings. The molecule has 0 spiro atoms. The van der Waals surface area contributed by atoms with E-state index in [-0.39, 0.29) is 0 Å². The second kappa shape index (κ2) is 3.30.